The molecule has 2 N–H and O–H groups in total. The summed E-state index contributed by atoms with van der Waals surface area (Å²) in [6.45, 7) is 2.80. The summed E-state index contributed by atoms with van der Waals surface area (Å²) in [4.78, 5) is 27.0. The Morgan fingerprint density at radius 3 is 2.47 bits per heavy atom. The van der Waals surface area contributed by atoms with Crippen molar-refractivity contribution in [3.8, 4) is 0 Å². The first kappa shape index (κ1) is 13.8. The molecule has 5 nitrogen and oxygen atoms in total. The molecule has 1 aliphatic rings. The lowest BCUT2D eigenvalue weighted by Gasteiger charge is -2.19. The largest absolute Gasteiger partial charge is 0.302 e. The van der Waals surface area contributed by atoms with Crippen molar-refractivity contribution in [1.29, 1.82) is 0 Å². The first-order valence-electron chi connectivity index (χ1n) is 5.80. The number of aliphatic imine (C=N–C) groups is 1. The summed E-state index contributed by atoms with van der Waals surface area (Å²) >= 11 is 4.69. The van der Waals surface area contributed by atoms with Gasteiger partial charge in [-0.1, -0.05) is 26.2 Å². The van der Waals surface area contributed by atoms with E-state index in [4.69, 9.17) is 0 Å². The molecular weight excluding hydrogens is 238 g/mol. The van der Waals surface area contributed by atoms with Crippen LogP contribution in [-0.4, -0.2) is 29.7 Å². The predicted octanol–water partition coefficient (Wildman–Crippen LogP) is 0.785. The fourth-order valence-corrected chi connectivity index (χ4v) is 1.68. The summed E-state index contributed by atoms with van der Waals surface area (Å²) < 4.78 is 0. The van der Waals surface area contributed by atoms with Gasteiger partial charge in [0.2, 0.25) is 11.8 Å². The van der Waals surface area contributed by atoms with Gasteiger partial charge < -0.3 is 10.6 Å². The second-order valence-corrected chi connectivity index (χ2v) is 4.31. The standard InChI is InChI=1S/C11H17N3O2S/c1-2-3-4-5-6-12-7-8-9(15)13-11(17)14-10(8)16/h7-8H,2-6H2,1H3,(H2,13,14,15,16,17). The molecule has 94 valence electrons. The Kier molecular flexibility index (Phi) is 5.76. The van der Waals surface area contributed by atoms with E-state index in [0.717, 1.165) is 12.8 Å². The molecule has 0 bridgehead atoms. The van der Waals surface area contributed by atoms with Gasteiger partial charge in [-0.2, -0.15) is 0 Å². The fourth-order valence-electron chi connectivity index (χ4n) is 1.47. The van der Waals surface area contributed by atoms with Crippen LogP contribution >= 0.6 is 12.2 Å². The lowest BCUT2D eigenvalue weighted by molar-refractivity contribution is -0.131. The third-order valence-electron chi connectivity index (χ3n) is 2.43. The van der Waals surface area contributed by atoms with Gasteiger partial charge in [0.1, 0.15) is 0 Å². The van der Waals surface area contributed by atoms with Crippen LogP contribution in [0.1, 0.15) is 32.6 Å². The van der Waals surface area contributed by atoms with E-state index in [1.54, 1.807) is 0 Å². The van der Waals surface area contributed by atoms with Crippen molar-refractivity contribution < 1.29 is 9.59 Å². The van der Waals surface area contributed by atoms with Crippen LogP contribution in [-0.2, 0) is 9.59 Å². The quantitative estimate of drug-likeness (QED) is 0.319. The molecule has 0 spiro atoms. The Balaban J connectivity index is 2.34. The molecule has 0 aliphatic carbocycles. The van der Waals surface area contributed by atoms with Crippen molar-refractivity contribution in [2.45, 2.75) is 32.6 Å². The normalized spacial score (nSPS) is 17.4. The summed E-state index contributed by atoms with van der Waals surface area (Å²) in [5, 5.41) is 4.84. The lowest BCUT2D eigenvalue weighted by Crippen LogP contribution is -2.56. The highest BCUT2D eigenvalue weighted by molar-refractivity contribution is 7.80. The van der Waals surface area contributed by atoms with Gasteiger partial charge in [0.05, 0.1) is 0 Å². The predicted molar refractivity (Wildman–Crippen MR) is 69.9 cm³/mol. The number of amides is 2. The van der Waals surface area contributed by atoms with Crippen molar-refractivity contribution >= 4 is 35.4 Å². The molecule has 0 radical (unpaired) electrons. The van der Waals surface area contributed by atoms with Gasteiger partial charge in [-0.15, -0.1) is 0 Å². The monoisotopic (exact) mass is 255 g/mol. The Morgan fingerprint density at radius 1 is 1.24 bits per heavy atom. The van der Waals surface area contributed by atoms with Gasteiger partial charge in [0.15, 0.2) is 11.0 Å². The van der Waals surface area contributed by atoms with Gasteiger partial charge in [-0.25, -0.2) is 0 Å². The van der Waals surface area contributed by atoms with Crippen molar-refractivity contribution in [3.63, 3.8) is 0 Å². The van der Waals surface area contributed by atoms with Gasteiger partial charge in [-0.05, 0) is 18.6 Å². The minimum absolute atomic E-state index is 0.0626. The van der Waals surface area contributed by atoms with Crippen LogP contribution in [0.5, 0.6) is 0 Å². The fraction of sp³-hybridized carbons (Fsp3) is 0.636. The average Bonchev–Trinajstić information content (AvgIpc) is 2.26. The number of rotatable bonds is 6. The maximum atomic E-state index is 11.4. The molecular formula is C11H17N3O2S. The first-order valence-corrected chi connectivity index (χ1v) is 6.21. The molecule has 1 fully saturated rings. The molecule has 2 amide bonds. The highest BCUT2D eigenvalue weighted by Crippen LogP contribution is 2.01. The molecule has 0 aromatic carbocycles. The van der Waals surface area contributed by atoms with E-state index in [1.807, 2.05) is 0 Å². The van der Waals surface area contributed by atoms with Crippen molar-refractivity contribution in [2.24, 2.45) is 10.9 Å². The van der Waals surface area contributed by atoms with Crippen LogP contribution in [0, 0.1) is 5.92 Å². The molecule has 17 heavy (non-hydrogen) atoms. The Bertz CT molecular complexity index is 322. The molecule has 0 aromatic rings. The molecule has 0 atom stereocenters. The van der Waals surface area contributed by atoms with Crippen molar-refractivity contribution in [1.82, 2.24) is 10.6 Å². The summed E-state index contributed by atoms with van der Waals surface area (Å²) in [5.41, 5.74) is 0. The van der Waals surface area contributed by atoms with Gasteiger partial charge >= 0.3 is 0 Å². The summed E-state index contributed by atoms with van der Waals surface area (Å²) in [6.07, 6.45) is 5.88. The zero-order valence-corrected chi connectivity index (χ0v) is 10.7. The summed E-state index contributed by atoms with van der Waals surface area (Å²) in [6, 6.07) is 0. The molecule has 1 heterocycles. The van der Waals surface area contributed by atoms with Crippen LogP contribution in [0.15, 0.2) is 4.99 Å². The highest BCUT2D eigenvalue weighted by atomic mass is 32.1. The van der Waals surface area contributed by atoms with Gasteiger partial charge in [0.25, 0.3) is 0 Å². The van der Waals surface area contributed by atoms with Crippen LogP contribution in [0.25, 0.3) is 0 Å². The van der Waals surface area contributed by atoms with E-state index >= 15 is 0 Å². The Morgan fingerprint density at radius 2 is 1.88 bits per heavy atom. The third-order valence-corrected chi connectivity index (χ3v) is 2.64. The topological polar surface area (TPSA) is 70.6 Å². The van der Waals surface area contributed by atoms with E-state index in [-0.39, 0.29) is 5.11 Å². The van der Waals surface area contributed by atoms with Gasteiger partial charge in [0, 0.05) is 12.8 Å². The summed E-state index contributed by atoms with van der Waals surface area (Å²) in [7, 11) is 0. The number of carbonyl (C=O) groups is 2. The van der Waals surface area contributed by atoms with E-state index in [2.05, 4.69) is 34.8 Å². The maximum absolute atomic E-state index is 11.4. The average molecular weight is 255 g/mol. The van der Waals surface area contributed by atoms with E-state index in [0.29, 0.717) is 6.54 Å². The van der Waals surface area contributed by atoms with E-state index in [1.165, 1.54) is 19.1 Å². The van der Waals surface area contributed by atoms with Crippen LogP contribution in [0.3, 0.4) is 0 Å². The Labute approximate surface area is 106 Å². The van der Waals surface area contributed by atoms with Crippen molar-refractivity contribution in [3.05, 3.63) is 0 Å². The molecule has 0 unspecified atom stereocenters. The van der Waals surface area contributed by atoms with Crippen molar-refractivity contribution in [2.75, 3.05) is 6.54 Å². The molecule has 1 saturated heterocycles. The number of nitrogens with one attached hydrogen (secondary N) is 2. The van der Waals surface area contributed by atoms with Gasteiger partial charge in [-0.3, -0.25) is 14.6 Å². The zero-order chi connectivity index (χ0) is 12.7. The number of hydrogen-bond acceptors (Lipinski definition) is 4. The maximum Gasteiger partial charge on any atom is 0.244 e. The number of hydrogen-bond donors (Lipinski definition) is 2. The minimum Gasteiger partial charge on any atom is -0.302 e. The second kappa shape index (κ2) is 7.11. The van der Waals surface area contributed by atoms with Crippen LogP contribution < -0.4 is 10.6 Å². The lowest BCUT2D eigenvalue weighted by atomic mass is 10.1. The smallest absolute Gasteiger partial charge is 0.244 e. The first-order chi connectivity index (χ1) is 8.15. The van der Waals surface area contributed by atoms with Crippen LogP contribution in [0.4, 0.5) is 0 Å². The van der Waals surface area contributed by atoms with E-state index in [9.17, 15) is 9.59 Å². The number of thiocarbonyl (C=S) groups is 1. The number of nitrogens with zero attached hydrogens (tertiary/aromatic N) is 1. The summed E-state index contributed by atoms with van der Waals surface area (Å²) in [5.74, 6) is -1.67. The molecule has 1 aliphatic heterocycles. The van der Waals surface area contributed by atoms with E-state index < -0.39 is 17.7 Å². The molecule has 6 heteroatoms. The number of unbranched alkanes of at least 4 members (excludes halogenated alkanes) is 3. The minimum atomic E-state index is -0.854. The third kappa shape index (κ3) is 4.60. The molecule has 0 aromatic heterocycles. The molecule has 1 rings (SSSR count). The zero-order valence-electron chi connectivity index (χ0n) is 9.86. The SMILES string of the molecule is CCCCCCN=CC1C(=O)NC(=S)NC1=O. The second-order valence-electron chi connectivity index (χ2n) is 3.90. The van der Waals surface area contributed by atoms with Crippen LogP contribution in [0.2, 0.25) is 0 Å². The number of carbonyl (C=O) groups excluding carboxylic acids is 2. The Hall–Kier alpha value is -1.30. The highest BCUT2D eigenvalue weighted by Gasteiger charge is 2.30. The molecule has 0 saturated carbocycles.